The van der Waals surface area contributed by atoms with Gasteiger partial charge in [-0.25, -0.2) is 0 Å². The van der Waals surface area contributed by atoms with E-state index in [4.69, 9.17) is 0 Å². The Morgan fingerprint density at radius 3 is 1.88 bits per heavy atom. The molecule has 50 valence electrons. The summed E-state index contributed by atoms with van der Waals surface area (Å²) in [5.74, 6) is 0.903. The van der Waals surface area contributed by atoms with Crippen LogP contribution in [0.3, 0.4) is 0 Å². The van der Waals surface area contributed by atoms with Crippen LogP contribution >= 0.6 is 0 Å². The van der Waals surface area contributed by atoms with Gasteiger partial charge in [-0.1, -0.05) is 40.0 Å². The summed E-state index contributed by atoms with van der Waals surface area (Å²) in [5.41, 5.74) is 0. The Hall–Kier alpha value is 0.532. The van der Waals surface area contributed by atoms with Crippen LogP contribution in [-0.2, 0) is 0 Å². The summed E-state index contributed by atoms with van der Waals surface area (Å²) in [6.07, 6.45) is 4.15. The first-order valence-electron chi connectivity index (χ1n) is 3.27. The van der Waals surface area contributed by atoms with Crippen molar-refractivity contribution in [3.63, 3.8) is 0 Å². The molecule has 0 radical (unpaired) electrons. The van der Waals surface area contributed by atoms with Crippen molar-refractivity contribution in [3.05, 3.63) is 0 Å². The smallest absolute Gasteiger partial charge is 0.0654 e. The van der Waals surface area contributed by atoms with Gasteiger partial charge < -0.3 is 0 Å². The molecule has 0 fully saturated rings. The van der Waals surface area contributed by atoms with E-state index < -0.39 is 0 Å². The minimum atomic E-state index is 0. The third-order valence-electron chi connectivity index (χ3n) is 1.14. The van der Waals surface area contributed by atoms with Gasteiger partial charge in [0.2, 0.25) is 0 Å². The molecule has 0 aromatic heterocycles. The minimum Gasteiger partial charge on any atom is -0.0654 e. The highest BCUT2D eigenvalue weighted by Gasteiger charge is 1.88. The van der Waals surface area contributed by atoms with Gasteiger partial charge in [0.05, 0.1) is 0 Å². The van der Waals surface area contributed by atoms with Gasteiger partial charge in [-0.3, -0.25) is 0 Å². The van der Waals surface area contributed by atoms with Crippen LogP contribution in [0.1, 0.15) is 40.0 Å². The first-order chi connectivity index (χ1) is 3.27. The first-order valence-corrected chi connectivity index (χ1v) is 3.27. The Morgan fingerprint density at radius 1 is 1.25 bits per heavy atom. The average molecular weight is 130 g/mol. The van der Waals surface area contributed by atoms with Gasteiger partial charge in [-0.15, -0.1) is 0 Å². The standard InChI is InChI=1S/C7H16.Al.3H/c1-4-5-6-7(2)3;;;;/h7H,4-6H2,1-3H3;;;;. The van der Waals surface area contributed by atoms with Crippen LogP contribution in [0.4, 0.5) is 0 Å². The van der Waals surface area contributed by atoms with Crippen LogP contribution in [0.5, 0.6) is 0 Å². The molecule has 0 saturated heterocycles. The van der Waals surface area contributed by atoms with Crippen LogP contribution in [0, 0.1) is 5.92 Å². The number of unbranched alkanes of at least 4 members (excludes halogenated alkanes) is 1. The second-order valence-corrected chi connectivity index (χ2v) is 2.54. The summed E-state index contributed by atoms with van der Waals surface area (Å²) in [7, 11) is 0. The molecule has 8 heavy (non-hydrogen) atoms. The zero-order valence-electron chi connectivity index (χ0n) is 5.70. The van der Waals surface area contributed by atoms with E-state index in [9.17, 15) is 0 Å². The number of hydrogen-bond acceptors (Lipinski definition) is 0. The van der Waals surface area contributed by atoms with Gasteiger partial charge in [0.25, 0.3) is 0 Å². The fraction of sp³-hybridized carbons (Fsp3) is 1.00. The highest BCUT2D eigenvalue weighted by molar-refractivity contribution is 5.75. The van der Waals surface area contributed by atoms with E-state index >= 15 is 0 Å². The van der Waals surface area contributed by atoms with Gasteiger partial charge in [-0.05, 0) is 5.92 Å². The van der Waals surface area contributed by atoms with E-state index in [2.05, 4.69) is 20.8 Å². The van der Waals surface area contributed by atoms with E-state index in [0.717, 1.165) is 5.92 Å². The van der Waals surface area contributed by atoms with Crippen LogP contribution < -0.4 is 0 Å². The molecule has 0 aromatic carbocycles. The molecule has 0 N–H and O–H groups in total. The Labute approximate surface area is 63.8 Å². The van der Waals surface area contributed by atoms with Gasteiger partial charge in [0, 0.05) is 0 Å². The normalized spacial score (nSPS) is 9.00. The molecule has 0 heterocycles. The SMILES string of the molecule is CCCCC(C)C.[AlH3]. The third-order valence-corrected chi connectivity index (χ3v) is 1.14. The highest BCUT2D eigenvalue weighted by atomic mass is 27.0. The van der Waals surface area contributed by atoms with Crippen molar-refractivity contribution in [1.82, 2.24) is 0 Å². The topological polar surface area (TPSA) is 0 Å². The molecule has 0 rings (SSSR count). The second kappa shape index (κ2) is 7.53. The van der Waals surface area contributed by atoms with Crippen molar-refractivity contribution in [2.45, 2.75) is 40.0 Å². The summed E-state index contributed by atoms with van der Waals surface area (Å²) in [4.78, 5) is 0. The van der Waals surface area contributed by atoms with Crippen molar-refractivity contribution in [2.24, 2.45) is 5.92 Å². The minimum absolute atomic E-state index is 0. The Bertz CT molecular complexity index is 33.4. The molecule has 1 heteroatoms. The molecule has 0 saturated carbocycles. The zero-order valence-corrected chi connectivity index (χ0v) is 5.70. The van der Waals surface area contributed by atoms with Crippen LogP contribution in [0.25, 0.3) is 0 Å². The Balaban J connectivity index is 0. The highest BCUT2D eigenvalue weighted by Crippen LogP contribution is 2.04. The number of hydrogen-bond donors (Lipinski definition) is 0. The largest absolute Gasteiger partial charge is 0.187 e. The maximum absolute atomic E-state index is 2.27. The quantitative estimate of drug-likeness (QED) is 0.509. The van der Waals surface area contributed by atoms with Gasteiger partial charge in [0.1, 0.15) is 0 Å². The summed E-state index contributed by atoms with van der Waals surface area (Å²) >= 11 is 0. The lowest BCUT2D eigenvalue weighted by atomic mass is 10.1. The molecule has 0 spiro atoms. The maximum Gasteiger partial charge on any atom is 0.187 e. The maximum atomic E-state index is 2.27. The molecule has 0 atom stereocenters. The molecular formula is C7H19Al. The van der Waals surface area contributed by atoms with Crippen molar-refractivity contribution in [2.75, 3.05) is 0 Å². The number of rotatable bonds is 3. The molecule has 0 nitrogen and oxygen atoms in total. The van der Waals surface area contributed by atoms with Crippen molar-refractivity contribution >= 4 is 17.4 Å². The van der Waals surface area contributed by atoms with Gasteiger partial charge in [0.15, 0.2) is 17.4 Å². The van der Waals surface area contributed by atoms with E-state index in [1.807, 2.05) is 0 Å². The molecule has 0 bridgehead atoms. The predicted molar refractivity (Wildman–Crippen MR) is 44.3 cm³/mol. The molecule has 0 aliphatic carbocycles. The van der Waals surface area contributed by atoms with Crippen LogP contribution in [-0.4, -0.2) is 17.4 Å². The molecule has 0 aliphatic rings. The van der Waals surface area contributed by atoms with Crippen molar-refractivity contribution < 1.29 is 0 Å². The van der Waals surface area contributed by atoms with E-state index in [1.165, 1.54) is 19.3 Å². The molecule has 0 unspecified atom stereocenters. The van der Waals surface area contributed by atoms with Crippen molar-refractivity contribution in [3.8, 4) is 0 Å². The Kier molecular flexibility index (Phi) is 10.7. The van der Waals surface area contributed by atoms with E-state index in [0.29, 0.717) is 0 Å². The lowest BCUT2D eigenvalue weighted by Gasteiger charge is -1.98. The van der Waals surface area contributed by atoms with Crippen molar-refractivity contribution in [1.29, 1.82) is 0 Å². The summed E-state index contributed by atoms with van der Waals surface area (Å²) in [6, 6.07) is 0. The first kappa shape index (κ1) is 11.3. The second-order valence-electron chi connectivity index (χ2n) is 2.54. The zero-order chi connectivity index (χ0) is 5.70. The van der Waals surface area contributed by atoms with Crippen LogP contribution in [0.15, 0.2) is 0 Å². The lowest BCUT2D eigenvalue weighted by molar-refractivity contribution is 0.550. The van der Waals surface area contributed by atoms with E-state index in [-0.39, 0.29) is 17.4 Å². The fourth-order valence-electron chi connectivity index (χ4n) is 0.612. The summed E-state index contributed by atoms with van der Waals surface area (Å²) in [5, 5.41) is 0. The lowest BCUT2D eigenvalue weighted by Crippen LogP contribution is -1.83. The van der Waals surface area contributed by atoms with Crippen LogP contribution in [0.2, 0.25) is 0 Å². The van der Waals surface area contributed by atoms with E-state index in [1.54, 1.807) is 0 Å². The average Bonchev–Trinajstić information content (AvgIpc) is 1.61. The van der Waals surface area contributed by atoms with Gasteiger partial charge >= 0.3 is 0 Å². The van der Waals surface area contributed by atoms with Gasteiger partial charge in [-0.2, -0.15) is 0 Å². The molecule has 0 aliphatic heterocycles. The Morgan fingerprint density at radius 2 is 1.75 bits per heavy atom. The monoisotopic (exact) mass is 130 g/mol. The molecule has 0 aromatic rings. The fourth-order valence-corrected chi connectivity index (χ4v) is 0.612. The predicted octanol–water partition coefficient (Wildman–Crippen LogP) is 1.65. The summed E-state index contributed by atoms with van der Waals surface area (Å²) < 4.78 is 0. The summed E-state index contributed by atoms with van der Waals surface area (Å²) in [6.45, 7) is 6.79. The molecule has 0 amide bonds. The third kappa shape index (κ3) is 9.73. The molecular weight excluding hydrogens is 111 g/mol.